The number of thioether (sulfide) groups is 1. The number of likely N-dealkylation sites (tertiary alicyclic amines) is 1. The fraction of sp³-hybridized carbons (Fsp3) is 0.684. The van der Waals surface area contributed by atoms with E-state index in [0.29, 0.717) is 18.7 Å². The number of aliphatic hydroxyl groups excluding tert-OH is 1. The van der Waals surface area contributed by atoms with Crippen LogP contribution in [-0.2, 0) is 6.42 Å². The smallest absolute Gasteiger partial charge is 0.0586 e. The van der Waals surface area contributed by atoms with E-state index in [9.17, 15) is 5.11 Å². The van der Waals surface area contributed by atoms with Gasteiger partial charge in [-0.3, -0.25) is 4.90 Å². The summed E-state index contributed by atoms with van der Waals surface area (Å²) in [6.45, 7) is 3.74. The summed E-state index contributed by atoms with van der Waals surface area (Å²) >= 11 is 2.07. The van der Waals surface area contributed by atoms with E-state index >= 15 is 0 Å². The zero-order chi connectivity index (χ0) is 15.9. The van der Waals surface area contributed by atoms with Crippen molar-refractivity contribution in [1.29, 1.82) is 0 Å². The van der Waals surface area contributed by atoms with E-state index in [1.165, 1.54) is 61.3 Å². The Morgan fingerprint density at radius 3 is 3.09 bits per heavy atom. The SMILES string of the molecule is OCC1CCCN1CCCCNC1CSCCc2ccccc21. The first-order valence-corrected chi connectivity index (χ1v) is 10.3. The fourth-order valence-electron chi connectivity index (χ4n) is 3.86. The molecule has 1 aromatic rings. The second-order valence-corrected chi connectivity index (χ2v) is 7.90. The predicted octanol–water partition coefficient (Wildman–Crippen LogP) is 2.84. The summed E-state index contributed by atoms with van der Waals surface area (Å²) in [5.41, 5.74) is 3.04. The number of benzene rings is 1. The van der Waals surface area contributed by atoms with E-state index in [-0.39, 0.29) is 0 Å². The van der Waals surface area contributed by atoms with Gasteiger partial charge in [-0.2, -0.15) is 11.8 Å². The van der Waals surface area contributed by atoms with Crippen LogP contribution in [0.25, 0.3) is 0 Å². The van der Waals surface area contributed by atoms with Crippen LogP contribution in [0.3, 0.4) is 0 Å². The van der Waals surface area contributed by atoms with Crippen molar-refractivity contribution in [2.24, 2.45) is 0 Å². The van der Waals surface area contributed by atoms with Crippen LogP contribution in [0.5, 0.6) is 0 Å². The Kier molecular flexibility index (Phi) is 6.81. The Balaban J connectivity index is 1.40. The van der Waals surface area contributed by atoms with Gasteiger partial charge in [-0.05, 0) is 68.6 Å². The third kappa shape index (κ3) is 4.72. The van der Waals surface area contributed by atoms with Crippen LogP contribution >= 0.6 is 11.8 Å². The highest BCUT2D eigenvalue weighted by atomic mass is 32.2. The molecule has 0 bridgehead atoms. The number of fused-ring (bicyclic) bond motifs is 1. The van der Waals surface area contributed by atoms with Gasteiger partial charge < -0.3 is 10.4 Å². The molecule has 2 N–H and O–H groups in total. The van der Waals surface area contributed by atoms with Crippen molar-refractivity contribution in [3.05, 3.63) is 35.4 Å². The summed E-state index contributed by atoms with van der Waals surface area (Å²) in [5.74, 6) is 2.43. The molecule has 0 aliphatic carbocycles. The number of aliphatic hydroxyl groups is 1. The van der Waals surface area contributed by atoms with Crippen LogP contribution in [0.4, 0.5) is 0 Å². The monoisotopic (exact) mass is 334 g/mol. The molecule has 0 spiro atoms. The molecule has 0 saturated carbocycles. The zero-order valence-electron chi connectivity index (χ0n) is 14.0. The molecular weight excluding hydrogens is 304 g/mol. The molecule has 0 amide bonds. The molecule has 3 rings (SSSR count). The minimum Gasteiger partial charge on any atom is -0.395 e. The number of hydrogen-bond donors (Lipinski definition) is 2. The van der Waals surface area contributed by atoms with Crippen LogP contribution in [-0.4, -0.2) is 53.8 Å². The molecule has 128 valence electrons. The van der Waals surface area contributed by atoms with E-state index < -0.39 is 0 Å². The van der Waals surface area contributed by atoms with Crippen molar-refractivity contribution in [3.63, 3.8) is 0 Å². The summed E-state index contributed by atoms with van der Waals surface area (Å²) in [5, 5.41) is 13.2. The lowest BCUT2D eigenvalue weighted by Crippen LogP contribution is -2.33. The minimum atomic E-state index is 0.328. The number of nitrogens with one attached hydrogen (secondary N) is 1. The Hall–Kier alpha value is -0.550. The van der Waals surface area contributed by atoms with Crippen molar-refractivity contribution >= 4 is 11.8 Å². The molecule has 2 unspecified atom stereocenters. The van der Waals surface area contributed by atoms with Gasteiger partial charge in [0, 0.05) is 17.8 Å². The lowest BCUT2D eigenvalue weighted by Gasteiger charge is -2.23. The lowest BCUT2D eigenvalue weighted by atomic mass is 9.99. The van der Waals surface area contributed by atoms with Gasteiger partial charge in [0.2, 0.25) is 0 Å². The molecule has 2 heterocycles. The average molecular weight is 335 g/mol. The molecule has 2 aliphatic heterocycles. The standard InChI is InChI=1S/C19H30N2OS/c22-14-17-7-5-12-21(17)11-4-3-10-20-19-15-23-13-9-16-6-1-2-8-18(16)19/h1-2,6,8,17,19-20,22H,3-5,7,9-15H2. The van der Waals surface area contributed by atoms with Gasteiger partial charge in [0.1, 0.15) is 0 Å². The summed E-state index contributed by atoms with van der Waals surface area (Å²) in [6, 6.07) is 9.86. The first kappa shape index (κ1) is 17.3. The first-order valence-electron chi connectivity index (χ1n) is 9.12. The van der Waals surface area contributed by atoms with Gasteiger partial charge in [-0.25, -0.2) is 0 Å². The van der Waals surface area contributed by atoms with Gasteiger partial charge >= 0.3 is 0 Å². The molecule has 0 aromatic heterocycles. The Morgan fingerprint density at radius 2 is 2.17 bits per heavy atom. The summed E-state index contributed by atoms with van der Waals surface area (Å²) < 4.78 is 0. The third-order valence-electron chi connectivity index (χ3n) is 5.20. The number of unbranched alkanes of at least 4 members (excludes halogenated alkanes) is 1. The lowest BCUT2D eigenvalue weighted by molar-refractivity contribution is 0.157. The highest BCUT2D eigenvalue weighted by molar-refractivity contribution is 7.99. The first-order chi connectivity index (χ1) is 11.4. The second kappa shape index (κ2) is 9.07. The molecule has 2 atom stereocenters. The maximum absolute atomic E-state index is 9.37. The average Bonchev–Trinajstić information content (AvgIpc) is 2.94. The number of hydrogen-bond acceptors (Lipinski definition) is 4. The highest BCUT2D eigenvalue weighted by Crippen LogP contribution is 2.27. The van der Waals surface area contributed by atoms with Gasteiger partial charge in [0.05, 0.1) is 6.61 Å². The van der Waals surface area contributed by atoms with Crippen molar-refractivity contribution in [1.82, 2.24) is 10.2 Å². The Morgan fingerprint density at radius 1 is 1.26 bits per heavy atom. The van der Waals surface area contributed by atoms with Gasteiger partial charge in [-0.1, -0.05) is 24.3 Å². The molecule has 4 heteroatoms. The fourth-order valence-corrected chi connectivity index (χ4v) is 4.92. The van der Waals surface area contributed by atoms with Crippen molar-refractivity contribution in [2.45, 2.75) is 44.2 Å². The van der Waals surface area contributed by atoms with Gasteiger partial charge in [-0.15, -0.1) is 0 Å². The largest absolute Gasteiger partial charge is 0.395 e. The summed E-state index contributed by atoms with van der Waals surface area (Å²) in [6.07, 6.45) is 6.07. The maximum Gasteiger partial charge on any atom is 0.0586 e. The van der Waals surface area contributed by atoms with Crippen LogP contribution in [0, 0.1) is 0 Å². The maximum atomic E-state index is 9.37. The van der Waals surface area contributed by atoms with Crippen LogP contribution in [0.15, 0.2) is 24.3 Å². The number of nitrogens with zero attached hydrogens (tertiary/aromatic N) is 1. The molecule has 1 fully saturated rings. The quantitative estimate of drug-likeness (QED) is 0.752. The third-order valence-corrected chi connectivity index (χ3v) is 6.27. The molecule has 23 heavy (non-hydrogen) atoms. The zero-order valence-corrected chi connectivity index (χ0v) is 14.9. The molecule has 2 aliphatic rings. The van der Waals surface area contributed by atoms with Crippen LogP contribution < -0.4 is 5.32 Å². The van der Waals surface area contributed by atoms with E-state index in [1.54, 1.807) is 0 Å². The molecule has 3 nitrogen and oxygen atoms in total. The topological polar surface area (TPSA) is 35.5 Å². The number of aryl methyl sites for hydroxylation is 1. The van der Waals surface area contributed by atoms with E-state index in [2.05, 4.69) is 46.2 Å². The predicted molar refractivity (Wildman–Crippen MR) is 99.1 cm³/mol. The molecule has 1 saturated heterocycles. The summed E-state index contributed by atoms with van der Waals surface area (Å²) in [7, 11) is 0. The number of rotatable bonds is 7. The van der Waals surface area contributed by atoms with Crippen LogP contribution in [0.2, 0.25) is 0 Å². The second-order valence-electron chi connectivity index (χ2n) is 6.75. The van der Waals surface area contributed by atoms with Gasteiger partial charge in [0.25, 0.3) is 0 Å². The molecule has 1 aromatic carbocycles. The summed E-state index contributed by atoms with van der Waals surface area (Å²) in [4.78, 5) is 2.47. The van der Waals surface area contributed by atoms with Crippen molar-refractivity contribution in [2.75, 3.05) is 37.7 Å². The Bertz CT molecular complexity index is 482. The van der Waals surface area contributed by atoms with E-state index in [1.807, 2.05) is 0 Å². The highest BCUT2D eigenvalue weighted by Gasteiger charge is 2.23. The normalized spacial score (nSPS) is 25.3. The van der Waals surface area contributed by atoms with E-state index in [4.69, 9.17) is 0 Å². The Labute approximate surface area is 144 Å². The van der Waals surface area contributed by atoms with E-state index in [0.717, 1.165) is 13.1 Å². The minimum absolute atomic E-state index is 0.328. The molecule has 0 radical (unpaired) electrons. The van der Waals surface area contributed by atoms with Gasteiger partial charge in [0.15, 0.2) is 0 Å². The molecular formula is C19H30N2OS. The van der Waals surface area contributed by atoms with Crippen LogP contribution in [0.1, 0.15) is 42.9 Å². The van der Waals surface area contributed by atoms with Crippen molar-refractivity contribution in [3.8, 4) is 0 Å². The van der Waals surface area contributed by atoms with Crippen molar-refractivity contribution < 1.29 is 5.11 Å².